The molecular weight excluding hydrogens is 164 g/mol. The van der Waals surface area contributed by atoms with Crippen molar-refractivity contribution in [1.29, 1.82) is 5.41 Å². The largest absolute Gasteiger partial charge is 0.387 e. The zero-order valence-electron chi connectivity index (χ0n) is 8.60. The summed E-state index contributed by atoms with van der Waals surface area (Å²) in [5, 5.41) is 7.36. The van der Waals surface area contributed by atoms with Crippen LogP contribution in [0.1, 0.15) is 39.5 Å². The Morgan fingerprint density at radius 3 is 2.54 bits per heavy atom. The molecule has 0 aromatic carbocycles. The number of nitrogens with one attached hydrogen (secondary N) is 1. The predicted molar refractivity (Wildman–Crippen MR) is 53.9 cm³/mol. The number of hydrogen-bond donors (Lipinski definition) is 2. The maximum absolute atomic E-state index is 7.36. The van der Waals surface area contributed by atoms with E-state index in [1.165, 1.54) is 19.3 Å². The maximum atomic E-state index is 7.36. The van der Waals surface area contributed by atoms with E-state index in [9.17, 15) is 0 Å². The van der Waals surface area contributed by atoms with Gasteiger partial charge in [-0.05, 0) is 25.7 Å². The molecule has 1 aliphatic carbocycles. The lowest BCUT2D eigenvalue weighted by Crippen LogP contribution is -2.33. The van der Waals surface area contributed by atoms with Crippen molar-refractivity contribution in [2.45, 2.75) is 45.6 Å². The molecule has 76 valence electrons. The van der Waals surface area contributed by atoms with Gasteiger partial charge in [0.05, 0.1) is 11.9 Å². The molecule has 3 nitrogen and oxygen atoms in total. The number of nitrogens with two attached hydrogens (primary N) is 1. The van der Waals surface area contributed by atoms with Gasteiger partial charge in [-0.1, -0.05) is 13.8 Å². The Hall–Kier alpha value is -0.570. The molecule has 0 radical (unpaired) electrons. The van der Waals surface area contributed by atoms with Crippen molar-refractivity contribution in [1.82, 2.24) is 0 Å². The summed E-state index contributed by atoms with van der Waals surface area (Å²) < 4.78 is 5.61. The Balaban J connectivity index is 2.13. The fraction of sp³-hybridized carbons (Fsp3) is 0.900. The zero-order valence-corrected chi connectivity index (χ0v) is 8.60. The van der Waals surface area contributed by atoms with Gasteiger partial charge >= 0.3 is 0 Å². The normalized spacial score (nSPS) is 18.3. The molecule has 0 spiro atoms. The van der Waals surface area contributed by atoms with Crippen LogP contribution in [0.4, 0.5) is 0 Å². The van der Waals surface area contributed by atoms with E-state index in [2.05, 4.69) is 0 Å². The predicted octanol–water partition coefficient (Wildman–Crippen LogP) is 1.91. The van der Waals surface area contributed by atoms with Gasteiger partial charge in [-0.2, -0.15) is 0 Å². The summed E-state index contributed by atoms with van der Waals surface area (Å²) >= 11 is 0. The third-order valence-corrected chi connectivity index (χ3v) is 2.86. The van der Waals surface area contributed by atoms with Crippen molar-refractivity contribution >= 4 is 5.84 Å². The minimum Gasteiger partial charge on any atom is -0.387 e. The number of ether oxygens (including phenoxy) is 1. The Morgan fingerprint density at radius 1 is 1.54 bits per heavy atom. The average Bonchev–Trinajstić information content (AvgIpc) is 1.94. The van der Waals surface area contributed by atoms with E-state index in [-0.39, 0.29) is 11.3 Å². The van der Waals surface area contributed by atoms with Crippen LogP contribution in [-0.2, 0) is 4.74 Å². The first-order valence-electron chi connectivity index (χ1n) is 4.98. The van der Waals surface area contributed by atoms with Crippen LogP contribution >= 0.6 is 0 Å². The van der Waals surface area contributed by atoms with E-state index >= 15 is 0 Å². The molecule has 1 saturated carbocycles. The minimum absolute atomic E-state index is 0.205. The van der Waals surface area contributed by atoms with E-state index in [0.717, 1.165) is 13.0 Å². The molecule has 3 N–H and O–H groups in total. The molecule has 0 atom stereocenters. The maximum Gasteiger partial charge on any atom is 0.0963 e. The summed E-state index contributed by atoms with van der Waals surface area (Å²) in [6.45, 7) is 4.70. The van der Waals surface area contributed by atoms with E-state index in [1.54, 1.807) is 0 Å². The van der Waals surface area contributed by atoms with Crippen molar-refractivity contribution in [2.24, 2.45) is 11.1 Å². The summed E-state index contributed by atoms with van der Waals surface area (Å²) in [6, 6.07) is 0. The van der Waals surface area contributed by atoms with Gasteiger partial charge in [0.15, 0.2) is 0 Å². The molecule has 0 amide bonds. The summed E-state index contributed by atoms with van der Waals surface area (Å²) in [5.74, 6) is 0.254. The molecular formula is C10H20N2O. The lowest BCUT2D eigenvalue weighted by Gasteiger charge is -2.28. The topological polar surface area (TPSA) is 59.1 Å². The number of hydrogen-bond acceptors (Lipinski definition) is 2. The molecule has 1 rings (SSSR count). The first kappa shape index (κ1) is 10.5. The van der Waals surface area contributed by atoms with E-state index in [4.69, 9.17) is 15.9 Å². The van der Waals surface area contributed by atoms with E-state index in [1.807, 2.05) is 13.8 Å². The lowest BCUT2D eigenvalue weighted by molar-refractivity contribution is -0.00512. The van der Waals surface area contributed by atoms with Crippen LogP contribution in [0.5, 0.6) is 0 Å². The molecule has 0 bridgehead atoms. The van der Waals surface area contributed by atoms with Crippen molar-refractivity contribution in [2.75, 3.05) is 6.61 Å². The second-order valence-corrected chi connectivity index (χ2v) is 4.47. The third kappa shape index (κ3) is 2.99. The zero-order chi connectivity index (χ0) is 9.90. The van der Waals surface area contributed by atoms with Crippen LogP contribution in [0.2, 0.25) is 0 Å². The van der Waals surface area contributed by atoms with Crippen LogP contribution in [0.3, 0.4) is 0 Å². The van der Waals surface area contributed by atoms with Gasteiger partial charge in [-0.15, -0.1) is 0 Å². The third-order valence-electron chi connectivity index (χ3n) is 2.86. The highest BCUT2D eigenvalue weighted by atomic mass is 16.5. The van der Waals surface area contributed by atoms with Crippen LogP contribution < -0.4 is 5.73 Å². The van der Waals surface area contributed by atoms with Gasteiger partial charge in [0.2, 0.25) is 0 Å². The highest BCUT2D eigenvalue weighted by molar-refractivity contribution is 5.82. The van der Waals surface area contributed by atoms with Crippen LogP contribution in [0.15, 0.2) is 0 Å². The fourth-order valence-electron chi connectivity index (χ4n) is 1.15. The second kappa shape index (κ2) is 4.09. The first-order chi connectivity index (χ1) is 6.02. The van der Waals surface area contributed by atoms with Crippen molar-refractivity contribution < 1.29 is 4.74 Å². The molecule has 1 fully saturated rings. The molecule has 13 heavy (non-hydrogen) atoms. The first-order valence-corrected chi connectivity index (χ1v) is 4.98. The fourth-order valence-corrected chi connectivity index (χ4v) is 1.15. The van der Waals surface area contributed by atoms with Crippen LogP contribution in [-0.4, -0.2) is 18.5 Å². The SMILES string of the molecule is CC(C)(CCOC1CCC1)C(=N)N. The quantitative estimate of drug-likeness (QED) is 0.506. The number of rotatable bonds is 5. The van der Waals surface area contributed by atoms with Crippen LogP contribution in [0, 0.1) is 10.8 Å². The molecule has 0 aromatic heterocycles. The highest BCUT2D eigenvalue weighted by Gasteiger charge is 2.23. The monoisotopic (exact) mass is 184 g/mol. The Morgan fingerprint density at radius 2 is 2.15 bits per heavy atom. The summed E-state index contributed by atoms with van der Waals surface area (Å²) in [4.78, 5) is 0. The Kier molecular flexibility index (Phi) is 3.31. The molecule has 0 unspecified atom stereocenters. The Labute approximate surface area is 80.2 Å². The average molecular weight is 184 g/mol. The Bertz CT molecular complexity index is 185. The van der Waals surface area contributed by atoms with Gasteiger partial charge in [0, 0.05) is 12.0 Å². The highest BCUT2D eigenvalue weighted by Crippen LogP contribution is 2.24. The van der Waals surface area contributed by atoms with Gasteiger partial charge in [-0.3, -0.25) is 5.41 Å². The van der Waals surface area contributed by atoms with Crippen molar-refractivity contribution in [3.8, 4) is 0 Å². The second-order valence-electron chi connectivity index (χ2n) is 4.47. The van der Waals surface area contributed by atoms with E-state index < -0.39 is 0 Å². The standard InChI is InChI=1S/C10H20N2O/c1-10(2,9(11)12)6-7-13-8-4-3-5-8/h8H,3-7H2,1-2H3,(H3,11,12). The van der Waals surface area contributed by atoms with Gasteiger partial charge in [0.1, 0.15) is 0 Å². The van der Waals surface area contributed by atoms with E-state index in [0.29, 0.717) is 6.10 Å². The summed E-state index contributed by atoms with van der Waals surface area (Å²) in [6.07, 6.45) is 5.06. The van der Waals surface area contributed by atoms with Gasteiger partial charge in [-0.25, -0.2) is 0 Å². The molecule has 0 aliphatic heterocycles. The van der Waals surface area contributed by atoms with Gasteiger partial charge in [0.25, 0.3) is 0 Å². The minimum atomic E-state index is -0.205. The molecule has 0 aromatic rings. The molecule has 1 aliphatic rings. The lowest BCUT2D eigenvalue weighted by atomic mass is 9.88. The summed E-state index contributed by atoms with van der Waals surface area (Å²) in [7, 11) is 0. The number of amidine groups is 1. The van der Waals surface area contributed by atoms with Crippen LogP contribution in [0.25, 0.3) is 0 Å². The van der Waals surface area contributed by atoms with Crippen molar-refractivity contribution in [3.05, 3.63) is 0 Å². The van der Waals surface area contributed by atoms with Crippen molar-refractivity contribution in [3.63, 3.8) is 0 Å². The summed E-state index contributed by atoms with van der Waals surface area (Å²) in [5.41, 5.74) is 5.26. The molecule has 0 heterocycles. The molecule has 3 heteroatoms. The van der Waals surface area contributed by atoms with Gasteiger partial charge < -0.3 is 10.5 Å². The molecule has 0 saturated heterocycles. The smallest absolute Gasteiger partial charge is 0.0963 e.